The molecule has 3 aromatic rings. The highest BCUT2D eigenvalue weighted by molar-refractivity contribution is 5.74. The zero-order chi connectivity index (χ0) is 12.2. The van der Waals surface area contributed by atoms with Crippen LogP contribution in [0, 0.1) is 0 Å². The van der Waals surface area contributed by atoms with Gasteiger partial charge < -0.3 is 0 Å². The maximum absolute atomic E-state index is 4.52. The van der Waals surface area contributed by atoms with Crippen molar-refractivity contribution in [1.29, 1.82) is 0 Å². The third kappa shape index (κ3) is 2.32. The molecule has 0 aliphatic carbocycles. The number of nitrogens with one attached hydrogen (secondary N) is 1. The Morgan fingerprint density at radius 1 is 1.11 bits per heavy atom. The Kier molecular flexibility index (Phi) is 2.91. The molecule has 0 aliphatic heterocycles. The molecule has 6 heteroatoms. The second kappa shape index (κ2) is 4.87. The fraction of sp³-hybridized carbons (Fsp3) is 0.250. The summed E-state index contributed by atoms with van der Waals surface area (Å²) in [4.78, 5) is 8.77. The molecule has 0 saturated carbocycles. The molecule has 1 N–H and O–H groups in total. The van der Waals surface area contributed by atoms with Crippen LogP contribution in [0.5, 0.6) is 0 Å². The number of aromatic amines is 1. The van der Waals surface area contributed by atoms with E-state index in [1.807, 2.05) is 18.2 Å². The minimum Gasteiger partial charge on any atom is -0.237 e. The van der Waals surface area contributed by atoms with Crippen molar-refractivity contribution in [2.75, 3.05) is 0 Å². The molecule has 0 unspecified atom stereocenters. The van der Waals surface area contributed by atoms with Crippen molar-refractivity contribution >= 4 is 11.0 Å². The molecular formula is C12H12N6. The number of pyridine rings is 2. The van der Waals surface area contributed by atoms with Gasteiger partial charge in [-0.15, -0.1) is 10.2 Å². The normalized spacial score (nSPS) is 10.9. The monoisotopic (exact) mass is 240 g/mol. The van der Waals surface area contributed by atoms with E-state index in [1.54, 1.807) is 6.20 Å². The number of nitrogens with zero attached hydrogens (tertiary/aromatic N) is 5. The summed E-state index contributed by atoms with van der Waals surface area (Å²) in [6, 6.07) is 8.03. The van der Waals surface area contributed by atoms with E-state index in [1.165, 1.54) is 0 Å². The van der Waals surface area contributed by atoms with Gasteiger partial charge in [0, 0.05) is 23.7 Å². The quantitative estimate of drug-likeness (QED) is 0.743. The standard InChI is InChI=1S/C12H12N6/c1(5-11-15-17-18-16-11)4-10-7-6-9-3-2-8-13-12(9)14-10/h2-3,6-8H,1,4-5H2,(H,15,16,17,18). The van der Waals surface area contributed by atoms with E-state index in [2.05, 4.69) is 36.7 Å². The summed E-state index contributed by atoms with van der Waals surface area (Å²) in [7, 11) is 0. The van der Waals surface area contributed by atoms with Gasteiger partial charge in [-0.1, -0.05) is 5.21 Å². The van der Waals surface area contributed by atoms with Crippen LogP contribution in [0.15, 0.2) is 30.5 Å². The van der Waals surface area contributed by atoms with Gasteiger partial charge in [0.25, 0.3) is 0 Å². The fourth-order valence-electron chi connectivity index (χ4n) is 1.85. The SMILES string of the molecule is c1cnc2nc(CCCc3nn[nH]n3)ccc2c1. The third-order valence-corrected chi connectivity index (χ3v) is 2.74. The molecule has 3 aromatic heterocycles. The Labute approximate surface area is 103 Å². The lowest BCUT2D eigenvalue weighted by molar-refractivity contribution is 0.761. The molecule has 0 atom stereocenters. The zero-order valence-corrected chi connectivity index (χ0v) is 9.74. The summed E-state index contributed by atoms with van der Waals surface area (Å²) in [6.45, 7) is 0. The van der Waals surface area contributed by atoms with Gasteiger partial charge in [-0.05, 0) is 37.1 Å². The fourth-order valence-corrected chi connectivity index (χ4v) is 1.85. The van der Waals surface area contributed by atoms with Crippen LogP contribution in [0.1, 0.15) is 17.9 Å². The Morgan fingerprint density at radius 2 is 2.11 bits per heavy atom. The van der Waals surface area contributed by atoms with Gasteiger partial charge in [0.05, 0.1) is 0 Å². The number of aromatic nitrogens is 6. The van der Waals surface area contributed by atoms with Crippen molar-refractivity contribution in [3.05, 3.63) is 42.0 Å². The van der Waals surface area contributed by atoms with Gasteiger partial charge >= 0.3 is 0 Å². The van der Waals surface area contributed by atoms with Gasteiger partial charge in [0.1, 0.15) is 0 Å². The van der Waals surface area contributed by atoms with Gasteiger partial charge in [0.15, 0.2) is 11.5 Å². The highest BCUT2D eigenvalue weighted by Crippen LogP contribution is 2.10. The van der Waals surface area contributed by atoms with Gasteiger partial charge in [-0.25, -0.2) is 9.97 Å². The summed E-state index contributed by atoms with van der Waals surface area (Å²) in [5, 5.41) is 14.9. The zero-order valence-electron chi connectivity index (χ0n) is 9.74. The topological polar surface area (TPSA) is 80.2 Å². The molecule has 0 bridgehead atoms. The van der Waals surface area contributed by atoms with E-state index in [0.29, 0.717) is 0 Å². The first kappa shape index (κ1) is 10.8. The van der Waals surface area contributed by atoms with E-state index in [9.17, 15) is 0 Å². The first-order chi connectivity index (χ1) is 8.92. The Morgan fingerprint density at radius 3 is 3.00 bits per heavy atom. The van der Waals surface area contributed by atoms with E-state index < -0.39 is 0 Å². The summed E-state index contributed by atoms with van der Waals surface area (Å²) < 4.78 is 0. The Balaban J connectivity index is 1.67. The molecule has 0 radical (unpaired) electrons. The molecule has 0 fully saturated rings. The van der Waals surface area contributed by atoms with Gasteiger partial charge in [-0.3, -0.25) is 0 Å². The number of hydrogen-bond acceptors (Lipinski definition) is 5. The van der Waals surface area contributed by atoms with Crippen molar-refractivity contribution in [2.45, 2.75) is 19.3 Å². The van der Waals surface area contributed by atoms with E-state index in [4.69, 9.17) is 0 Å². The lowest BCUT2D eigenvalue weighted by atomic mass is 10.1. The first-order valence-corrected chi connectivity index (χ1v) is 5.85. The van der Waals surface area contributed by atoms with Crippen LogP contribution in [0.25, 0.3) is 11.0 Å². The summed E-state index contributed by atoms with van der Waals surface area (Å²) in [6.07, 6.45) is 4.41. The second-order valence-corrected chi connectivity index (χ2v) is 4.03. The average Bonchev–Trinajstić information content (AvgIpc) is 2.92. The van der Waals surface area contributed by atoms with E-state index in [-0.39, 0.29) is 0 Å². The lowest BCUT2D eigenvalue weighted by Gasteiger charge is -2.01. The number of rotatable bonds is 4. The number of aryl methyl sites for hydroxylation is 2. The molecular weight excluding hydrogens is 228 g/mol. The maximum atomic E-state index is 4.52. The molecule has 6 nitrogen and oxygen atoms in total. The predicted octanol–water partition coefficient (Wildman–Crippen LogP) is 1.32. The molecule has 18 heavy (non-hydrogen) atoms. The highest BCUT2D eigenvalue weighted by Gasteiger charge is 2.01. The summed E-state index contributed by atoms with van der Waals surface area (Å²) in [5.41, 5.74) is 1.85. The van der Waals surface area contributed by atoms with Gasteiger partial charge in [0.2, 0.25) is 0 Å². The van der Waals surface area contributed by atoms with E-state index >= 15 is 0 Å². The molecule has 0 aromatic carbocycles. The van der Waals surface area contributed by atoms with Crippen molar-refractivity contribution in [3.8, 4) is 0 Å². The molecule has 3 heterocycles. The number of H-pyrrole nitrogens is 1. The van der Waals surface area contributed by atoms with Crippen molar-refractivity contribution in [3.63, 3.8) is 0 Å². The molecule has 0 spiro atoms. The summed E-state index contributed by atoms with van der Waals surface area (Å²) in [5.74, 6) is 0.744. The van der Waals surface area contributed by atoms with Crippen LogP contribution in [-0.4, -0.2) is 30.6 Å². The van der Waals surface area contributed by atoms with Crippen LogP contribution < -0.4 is 0 Å². The Hall–Kier alpha value is -2.37. The largest absolute Gasteiger partial charge is 0.237 e. The maximum Gasteiger partial charge on any atom is 0.174 e. The van der Waals surface area contributed by atoms with Crippen LogP contribution in [0.4, 0.5) is 0 Å². The van der Waals surface area contributed by atoms with Crippen molar-refractivity contribution in [2.24, 2.45) is 0 Å². The number of fused-ring (bicyclic) bond motifs is 1. The average molecular weight is 240 g/mol. The Bertz CT molecular complexity index is 634. The molecule has 90 valence electrons. The third-order valence-electron chi connectivity index (χ3n) is 2.74. The van der Waals surface area contributed by atoms with E-state index in [0.717, 1.165) is 41.8 Å². The van der Waals surface area contributed by atoms with Crippen LogP contribution in [-0.2, 0) is 12.8 Å². The molecule has 0 amide bonds. The minimum atomic E-state index is 0.744. The van der Waals surface area contributed by atoms with Crippen LogP contribution >= 0.6 is 0 Å². The molecule has 0 aliphatic rings. The first-order valence-electron chi connectivity index (χ1n) is 5.85. The number of tetrazole rings is 1. The van der Waals surface area contributed by atoms with Crippen LogP contribution in [0.3, 0.4) is 0 Å². The minimum absolute atomic E-state index is 0.744. The lowest BCUT2D eigenvalue weighted by Crippen LogP contribution is -1.95. The predicted molar refractivity (Wildman–Crippen MR) is 65.7 cm³/mol. The molecule has 0 saturated heterocycles. The van der Waals surface area contributed by atoms with Gasteiger partial charge in [-0.2, -0.15) is 5.21 Å². The van der Waals surface area contributed by atoms with Crippen molar-refractivity contribution < 1.29 is 0 Å². The smallest absolute Gasteiger partial charge is 0.174 e. The van der Waals surface area contributed by atoms with Crippen molar-refractivity contribution in [1.82, 2.24) is 30.6 Å². The number of hydrogen-bond donors (Lipinski definition) is 1. The van der Waals surface area contributed by atoms with Crippen LogP contribution in [0.2, 0.25) is 0 Å². The second-order valence-electron chi connectivity index (χ2n) is 4.03. The highest BCUT2D eigenvalue weighted by atomic mass is 15.5. The molecule has 3 rings (SSSR count). The summed E-state index contributed by atoms with van der Waals surface area (Å²) >= 11 is 0.